The number of hydrogen-bond donors (Lipinski definition) is 2. The molecule has 0 amide bonds. The standard InChI is InChI=1S/C28H51N3O3/c1-20(30-34-18-16-31(4)5)23-11-14-28(32)25-8-7-21-19-22(33-17-6-15-29)9-12-26(21,2)24(25)10-13-27(23,28)3/h21-25,32H,6-19,29H2,1-5H3/b30-20-/t21?,22?,23-,24+,25-,26+,27-,28-/m1/s1. The van der Waals surface area contributed by atoms with E-state index in [4.69, 9.17) is 15.3 Å². The first-order chi connectivity index (χ1) is 16.2. The Bertz CT molecular complexity index is 730. The quantitative estimate of drug-likeness (QED) is 0.291. The van der Waals surface area contributed by atoms with Crippen molar-refractivity contribution in [2.45, 2.75) is 96.7 Å². The summed E-state index contributed by atoms with van der Waals surface area (Å²) in [5, 5.41) is 16.9. The zero-order valence-corrected chi connectivity index (χ0v) is 22.5. The second-order valence-corrected chi connectivity index (χ2v) is 12.7. The fraction of sp³-hybridized carbons (Fsp3) is 0.964. The number of oxime groups is 1. The molecule has 0 spiro atoms. The smallest absolute Gasteiger partial charge is 0.129 e. The molecule has 0 heterocycles. The zero-order valence-electron chi connectivity index (χ0n) is 22.5. The highest BCUT2D eigenvalue weighted by molar-refractivity contribution is 5.85. The lowest BCUT2D eigenvalue weighted by molar-refractivity contribution is -0.208. The monoisotopic (exact) mass is 477 g/mol. The molecular weight excluding hydrogens is 426 g/mol. The van der Waals surface area contributed by atoms with Crippen LogP contribution in [0.15, 0.2) is 5.16 Å². The van der Waals surface area contributed by atoms with Crippen molar-refractivity contribution in [1.82, 2.24) is 4.90 Å². The molecule has 0 aromatic heterocycles. The average molecular weight is 478 g/mol. The topological polar surface area (TPSA) is 80.3 Å². The largest absolute Gasteiger partial charge is 0.394 e. The molecule has 4 aliphatic rings. The molecule has 4 rings (SSSR count). The van der Waals surface area contributed by atoms with Gasteiger partial charge in [0, 0.05) is 24.5 Å². The maximum Gasteiger partial charge on any atom is 0.129 e. The summed E-state index contributed by atoms with van der Waals surface area (Å²) in [4.78, 5) is 7.77. The van der Waals surface area contributed by atoms with E-state index in [2.05, 4.69) is 30.8 Å². The molecule has 2 unspecified atom stereocenters. The summed E-state index contributed by atoms with van der Waals surface area (Å²) in [5.41, 5.74) is 6.39. The number of nitrogens with two attached hydrogens (primary N) is 1. The van der Waals surface area contributed by atoms with Crippen molar-refractivity contribution in [3.8, 4) is 0 Å². The first-order valence-corrected chi connectivity index (χ1v) is 14.0. The lowest BCUT2D eigenvalue weighted by Gasteiger charge is -2.63. The van der Waals surface area contributed by atoms with E-state index in [-0.39, 0.29) is 5.41 Å². The van der Waals surface area contributed by atoms with Gasteiger partial charge in [-0.2, -0.15) is 0 Å². The predicted octanol–water partition coefficient (Wildman–Crippen LogP) is 4.45. The third-order valence-electron chi connectivity index (χ3n) is 10.8. The third kappa shape index (κ3) is 4.57. The number of hydrogen-bond acceptors (Lipinski definition) is 6. The average Bonchev–Trinajstić information content (AvgIpc) is 3.08. The van der Waals surface area contributed by atoms with Crippen LogP contribution in [-0.4, -0.2) is 67.8 Å². The molecule has 3 N–H and O–H groups in total. The third-order valence-corrected chi connectivity index (χ3v) is 10.8. The minimum absolute atomic E-state index is 0.0988. The van der Waals surface area contributed by atoms with Gasteiger partial charge in [0.25, 0.3) is 0 Å². The van der Waals surface area contributed by atoms with Crippen molar-refractivity contribution in [3.63, 3.8) is 0 Å². The Morgan fingerprint density at radius 3 is 2.56 bits per heavy atom. The van der Waals surface area contributed by atoms with Gasteiger partial charge >= 0.3 is 0 Å². The molecule has 0 saturated heterocycles. The van der Waals surface area contributed by atoms with Crippen LogP contribution in [0.25, 0.3) is 0 Å². The lowest BCUT2D eigenvalue weighted by Crippen LogP contribution is -2.62. The molecule has 0 aromatic carbocycles. The van der Waals surface area contributed by atoms with Crippen LogP contribution in [0.2, 0.25) is 0 Å². The molecule has 196 valence electrons. The van der Waals surface area contributed by atoms with Crippen molar-refractivity contribution >= 4 is 5.71 Å². The van der Waals surface area contributed by atoms with E-state index in [1.807, 2.05) is 14.1 Å². The van der Waals surface area contributed by atoms with Crippen molar-refractivity contribution in [3.05, 3.63) is 0 Å². The first kappa shape index (κ1) is 26.4. The van der Waals surface area contributed by atoms with Gasteiger partial charge in [0.15, 0.2) is 0 Å². The van der Waals surface area contributed by atoms with E-state index in [1.165, 1.54) is 25.7 Å². The van der Waals surface area contributed by atoms with E-state index in [9.17, 15) is 5.11 Å². The first-order valence-electron chi connectivity index (χ1n) is 14.0. The van der Waals surface area contributed by atoms with Gasteiger partial charge in [0.2, 0.25) is 0 Å². The van der Waals surface area contributed by atoms with Crippen LogP contribution in [0.3, 0.4) is 0 Å². The Hall–Kier alpha value is -0.690. The molecule has 6 heteroatoms. The second kappa shape index (κ2) is 10.4. The molecular formula is C28H51N3O3. The van der Waals surface area contributed by atoms with Gasteiger partial charge < -0.3 is 25.3 Å². The van der Waals surface area contributed by atoms with Crippen molar-refractivity contribution in [2.75, 3.05) is 40.4 Å². The molecule has 4 fully saturated rings. The van der Waals surface area contributed by atoms with Crippen molar-refractivity contribution in [2.24, 2.45) is 45.4 Å². The maximum atomic E-state index is 12.4. The fourth-order valence-electron chi connectivity index (χ4n) is 8.77. The Morgan fingerprint density at radius 1 is 1.03 bits per heavy atom. The molecule has 4 aliphatic carbocycles. The van der Waals surface area contributed by atoms with E-state index in [0.29, 0.717) is 42.4 Å². The Balaban J connectivity index is 1.45. The molecule has 0 aliphatic heterocycles. The Labute approximate surface area is 208 Å². The predicted molar refractivity (Wildman–Crippen MR) is 138 cm³/mol. The van der Waals surface area contributed by atoms with Gasteiger partial charge in [0.05, 0.1) is 17.4 Å². The number of aliphatic hydroxyl groups is 1. The van der Waals surface area contributed by atoms with E-state index >= 15 is 0 Å². The summed E-state index contributed by atoms with van der Waals surface area (Å²) in [6.45, 7) is 10.0. The summed E-state index contributed by atoms with van der Waals surface area (Å²) < 4.78 is 6.20. The molecule has 6 nitrogen and oxygen atoms in total. The highest BCUT2D eigenvalue weighted by atomic mass is 16.6. The van der Waals surface area contributed by atoms with Crippen LogP contribution in [-0.2, 0) is 9.57 Å². The number of fused-ring (bicyclic) bond motifs is 5. The van der Waals surface area contributed by atoms with Crippen molar-refractivity contribution in [1.29, 1.82) is 0 Å². The molecule has 8 atom stereocenters. The minimum atomic E-state index is -0.580. The van der Waals surface area contributed by atoms with Gasteiger partial charge in [-0.05, 0) is 115 Å². The highest BCUT2D eigenvalue weighted by Gasteiger charge is 2.67. The van der Waals surface area contributed by atoms with Gasteiger partial charge in [0.1, 0.15) is 6.61 Å². The van der Waals surface area contributed by atoms with Crippen LogP contribution in [0.5, 0.6) is 0 Å². The second-order valence-electron chi connectivity index (χ2n) is 12.7. The number of ether oxygens (including phenoxy) is 1. The van der Waals surface area contributed by atoms with Crippen LogP contribution < -0.4 is 5.73 Å². The zero-order chi connectivity index (χ0) is 24.6. The highest BCUT2D eigenvalue weighted by Crippen LogP contribution is 2.69. The minimum Gasteiger partial charge on any atom is -0.394 e. The lowest BCUT2D eigenvalue weighted by atomic mass is 9.43. The summed E-state index contributed by atoms with van der Waals surface area (Å²) in [5.74, 6) is 2.08. The number of rotatable bonds is 9. The summed E-state index contributed by atoms with van der Waals surface area (Å²) >= 11 is 0. The number of nitrogens with zero attached hydrogens (tertiary/aromatic N) is 2. The van der Waals surface area contributed by atoms with E-state index in [1.54, 1.807) is 0 Å². The van der Waals surface area contributed by atoms with Gasteiger partial charge in [-0.25, -0.2) is 0 Å². The van der Waals surface area contributed by atoms with Crippen molar-refractivity contribution < 1.29 is 14.7 Å². The molecule has 0 aromatic rings. The Kier molecular flexibility index (Phi) is 8.03. The molecule has 0 radical (unpaired) electrons. The van der Waals surface area contributed by atoms with E-state index < -0.39 is 5.60 Å². The molecule has 0 bridgehead atoms. The summed E-state index contributed by atoms with van der Waals surface area (Å²) in [6.07, 6.45) is 11.6. The molecule has 34 heavy (non-hydrogen) atoms. The number of likely N-dealkylation sites (N-methyl/N-ethyl adjacent to an activating group) is 1. The normalized spacial score (nSPS) is 44.5. The van der Waals surface area contributed by atoms with Crippen LogP contribution in [0.1, 0.15) is 85.0 Å². The summed E-state index contributed by atoms with van der Waals surface area (Å²) in [7, 11) is 4.10. The van der Waals surface area contributed by atoms with Crippen LogP contribution >= 0.6 is 0 Å². The van der Waals surface area contributed by atoms with Gasteiger partial charge in [-0.15, -0.1) is 0 Å². The van der Waals surface area contributed by atoms with Crippen LogP contribution in [0, 0.1) is 34.5 Å². The van der Waals surface area contributed by atoms with Gasteiger partial charge in [-0.3, -0.25) is 0 Å². The maximum absolute atomic E-state index is 12.4. The van der Waals surface area contributed by atoms with Crippen LogP contribution in [0.4, 0.5) is 0 Å². The SMILES string of the molecule is C/C(=N/OCCN(C)C)[C@H]1CC[C@@]2(O)[C@@H]3CCC4CC(OCCCN)CC[C@]4(C)[C@H]3CC[C@]12C. The van der Waals surface area contributed by atoms with E-state index in [0.717, 1.165) is 63.3 Å². The van der Waals surface area contributed by atoms with Gasteiger partial charge in [-0.1, -0.05) is 19.0 Å². The summed E-state index contributed by atoms with van der Waals surface area (Å²) in [6, 6.07) is 0. The molecule has 4 saturated carbocycles. The Morgan fingerprint density at radius 2 is 1.82 bits per heavy atom. The fourth-order valence-corrected chi connectivity index (χ4v) is 8.77.